The molecule has 0 aliphatic heterocycles. The number of hydrogen-bond donors (Lipinski definition) is 1. The fourth-order valence-electron chi connectivity index (χ4n) is 1.70. The quantitative estimate of drug-likeness (QED) is 0.814. The minimum Gasteiger partial charge on any atom is -0.480 e. The minimum absolute atomic E-state index is 0.149. The number of ether oxygens (including phenoxy) is 1. The van der Waals surface area contributed by atoms with Crippen molar-refractivity contribution in [3.63, 3.8) is 0 Å². The average Bonchev–Trinajstić information content (AvgIpc) is 2.43. The number of halogens is 1. The first kappa shape index (κ1) is 14.9. The Morgan fingerprint density at radius 1 is 1.35 bits per heavy atom. The van der Waals surface area contributed by atoms with Gasteiger partial charge in [0.2, 0.25) is 5.88 Å². The van der Waals surface area contributed by atoms with Crippen molar-refractivity contribution in [2.24, 2.45) is 5.92 Å². The standard InChI is InChI=1S/C13H15IN4O2/c1-7(2)6-9-11(14)13(19)16-12(15-9)8-4-5-10(20-3)18-17-8/h4-5,7H,6H2,1-3H3,(H,15,16,19). The highest BCUT2D eigenvalue weighted by molar-refractivity contribution is 14.1. The summed E-state index contributed by atoms with van der Waals surface area (Å²) >= 11 is 2.02. The van der Waals surface area contributed by atoms with Crippen LogP contribution in [0.5, 0.6) is 5.88 Å². The molecule has 0 aromatic carbocycles. The maximum Gasteiger partial charge on any atom is 0.264 e. The minimum atomic E-state index is -0.149. The Balaban J connectivity index is 2.45. The van der Waals surface area contributed by atoms with E-state index in [1.807, 2.05) is 22.6 Å². The summed E-state index contributed by atoms with van der Waals surface area (Å²) < 4.78 is 5.58. The summed E-state index contributed by atoms with van der Waals surface area (Å²) in [5, 5.41) is 7.88. The van der Waals surface area contributed by atoms with E-state index < -0.39 is 0 Å². The Bertz CT molecular complexity index is 652. The molecule has 106 valence electrons. The van der Waals surface area contributed by atoms with Crippen molar-refractivity contribution < 1.29 is 4.74 Å². The van der Waals surface area contributed by atoms with Gasteiger partial charge in [0.25, 0.3) is 5.56 Å². The molecule has 0 unspecified atom stereocenters. The molecule has 6 nitrogen and oxygen atoms in total. The molecule has 0 saturated heterocycles. The molecule has 2 heterocycles. The van der Waals surface area contributed by atoms with E-state index in [0.29, 0.717) is 26.9 Å². The molecule has 0 spiro atoms. The third-order valence-electron chi connectivity index (χ3n) is 2.62. The van der Waals surface area contributed by atoms with Crippen LogP contribution in [0.3, 0.4) is 0 Å². The molecular weight excluding hydrogens is 371 g/mol. The van der Waals surface area contributed by atoms with E-state index in [2.05, 4.69) is 34.0 Å². The van der Waals surface area contributed by atoms with Crippen molar-refractivity contribution in [1.82, 2.24) is 20.2 Å². The van der Waals surface area contributed by atoms with Crippen molar-refractivity contribution in [3.8, 4) is 17.4 Å². The van der Waals surface area contributed by atoms with E-state index in [1.54, 1.807) is 12.1 Å². The molecule has 2 rings (SSSR count). The van der Waals surface area contributed by atoms with Gasteiger partial charge in [-0.15, -0.1) is 10.2 Å². The van der Waals surface area contributed by atoms with Crippen LogP contribution in [-0.4, -0.2) is 27.3 Å². The van der Waals surface area contributed by atoms with Crippen LogP contribution in [0.15, 0.2) is 16.9 Å². The molecule has 0 fully saturated rings. The van der Waals surface area contributed by atoms with Crippen molar-refractivity contribution >= 4 is 22.6 Å². The SMILES string of the molecule is COc1ccc(-c2nc(CC(C)C)c(I)c(=O)[nH]2)nn1. The summed E-state index contributed by atoms with van der Waals surface area (Å²) in [5.74, 6) is 1.28. The summed E-state index contributed by atoms with van der Waals surface area (Å²) in [7, 11) is 1.52. The maximum absolute atomic E-state index is 12.0. The molecule has 0 radical (unpaired) electrons. The van der Waals surface area contributed by atoms with Gasteiger partial charge in [0.1, 0.15) is 5.69 Å². The van der Waals surface area contributed by atoms with Crippen LogP contribution in [0.2, 0.25) is 0 Å². The lowest BCUT2D eigenvalue weighted by Gasteiger charge is -2.08. The first-order valence-corrected chi connectivity index (χ1v) is 7.26. The van der Waals surface area contributed by atoms with Gasteiger partial charge in [-0.3, -0.25) is 4.79 Å². The van der Waals surface area contributed by atoms with Gasteiger partial charge in [-0.25, -0.2) is 4.98 Å². The summed E-state index contributed by atoms with van der Waals surface area (Å²) in [6, 6.07) is 3.40. The highest BCUT2D eigenvalue weighted by Crippen LogP contribution is 2.16. The zero-order valence-corrected chi connectivity index (χ0v) is 13.6. The van der Waals surface area contributed by atoms with Gasteiger partial charge in [0.15, 0.2) is 5.82 Å². The lowest BCUT2D eigenvalue weighted by atomic mass is 10.1. The Labute approximate surface area is 130 Å². The average molecular weight is 386 g/mol. The molecule has 2 aromatic heterocycles. The van der Waals surface area contributed by atoms with Gasteiger partial charge in [-0.1, -0.05) is 13.8 Å². The lowest BCUT2D eigenvalue weighted by Crippen LogP contribution is -2.18. The predicted octanol–water partition coefficient (Wildman–Crippen LogP) is 2.04. The molecule has 0 aliphatic carbocycles. The zero-order chi connectivity index (χ0) is 14.7. The Morgan fingerprint density at radius 2 is 2.10 bits per heavy atom. The van der Waals surface area contributed by atoms with Gasteiger partial charge >= 0.3 is 0 Å². The Morgan fingerprint density at radius 3 is 2.65 bits per heavy atom. The van der Waals surface area contributed by atoms with Crippen molar-refractivity contribution in [1.29, 1.82) is 0 Å². The molecule has 0 atom stereocenters. The van der Waals surface area contributed by atoms with E-state index in [-0.39, 0.29) is 5.56 Å². The van der Waals surface area contributed by atoms with Crippen molar-refractivity contribution in [2.45, 2.75) is 20.3 Å². The highest BCUT2D eigenvalue weighted by atomic mass is 127. The second-order valence-electron chi connectivity index (χ2n) is 4.73. The van der Waals surface area contributed by atoms with Crippen LogP contribution in [0.1, 0.15) is 19.5 Å². The largest absolute Gasteiger partial charge is 0.480 e. The number of aromatic amines is 1. The maximum atomic E-state index is 12.0. The second-order valence-corrected chi connectivity index (χ2v) is 5.81. The van der Waals surface area contributed by atoms with Gasteiger partial charge in [-0.05, 0) is 41.0 Å². The number of hydrogen-bond acceptors (Lipinski definition) is 5. The highest BCUT2D eigenvalue weighted by Gasteiger charge is 2.12. The second kappa shape index (κ2) is 6.29. The first-order chi connectivity index (χ1) is 9.51. The summed E-state index contributed by atoms with van der Waals surface area (Å²) in [6.07, 6.45) is 0.749. The topological polar surface area (TPSA) is 80.8 Å². The van der Waals surface area contributed by atoms with E-state index in [4.69, 9.17) is 4.74 Å². The number of nitrogens with one attached hydrogen (secondary N) is 1. The molecule has 0 bridgehead atoms. The normalized spacial score (nSPS) is 10.8. The predicted molar refractivity (Wildman–Crippen MR) is 83.7 cm³/mol. The van der Waals surface area contributed by atoms with E-state index in [9.17, 15) is 4.79 Å². The number of aromatic nitrogens is 4. The monoisotopic (exact) mass is 386 g/mol. The van der Waals surface area contributed by atoms with Crippen LogP contribution < -0.4 is 10.3 Å². The Kier molecular flexibility index (Phi) is 4.69. The number of H-pyrrole nitrogens is 1. The molecule has 0 aliphatic rings. The summed E-state index contributed by atoms with van der Waals surface area (Å²) in [4.78, 5) is 19.2. The summed E-state index contributed by atoms with van der Waals surface area (Å²) in [5.41, 5.74) is 1.16. The zero-order valence-electron chi connectivity index (χ0n) is 11.5. The van der Waals surface area contributed by atoms with Crippen LogP contribution in [-0.2, 0) is 6.42 Å². The molecule has 1 N–H and O–H groups in total. The van der Waals surface area contributed by atoms with E-state index in [1.165, 1.54) is 7.11 Å². The van der Waals surface area contributed by atoms with E-state index >= 15 is 0 Å². The van der Waals surface area contributed by atoms with Crippen LogP contribution >= 0.6 is 22.6 Å². The fraction of sp³-hybridized carbons (Fsp3) is 0.385. The van der Waals surface area contributed by atoms with Gasteiger partial charge in [-0.2, -0.15) is 0 Å². The van der Waals surface area contributed by atoms with Crippen LogP contribution in [0.25, 0.3) is 11.5 Å². The van der Waals surface area contributed by atoms with Crippen LogP contribution in [0, 0.1) is 9.49 Å². The van der Waals surface area contributed by atoms with E-state index in [0.717, 1.165) is 12.1 Å². The Hall–Kier alpha value is -1.51. The summed E-state index contributed by atoms with van der Waals surface area (Å²) in [6.45, 7) is 4.18. The first-order valence-electron chi connectivity index (χ1n) is 6.18. The van der Waals surface area contributed by atoms with Gasteiger partial charge < -0.3 is 9.72 Å². The number of nitrogens with zero attached hydrogens (tertiary/aromatic N) is 3. The van der Waals surface area contributed by atoms with Gasteiger partial charge in [0, 0.05) is 6.07 Å². The molecule has 20 heavy (non-hydrogen) atoms. The molecular formula is C13H15IN4O2. The smallest absolute Gasteiger partial charge is 0.264 e. The van der Waals surface area contributed by atoms with Gasteiger partial charge in [0.05, 0.1) is 16.4 Å². The molecule has 0 saturated carbocycles. The van der Waals surface area contributed by atoms with Crippen LogP contribution in [0.4, 0.5) is 0 Å². The number of methoxy groups -OCH3 is 1. The molecule has 0 amide bonds. The molecule has 2 aromatic rings. The number of rotatable bonds is 4. The third kappa shape index (κ3) is 3.33. The fourth-order valence-corrected chi connectivity index (χ4v) is 2.18. The molecule has 7 heteroatoms. The van der Waals surface area contributed by atoms with Crippen molar-refractivity contribution in [2.75, 3.05) is 7.11 Å². The third-order valence-corrected chi connectivity index (χ3v) is 3.74. The lowest BCUT2D eigenvalue weighted by molar-refractivity contribution is 0.392. The van der Waals surface area contributed by atoms with Crippen molar-refractivity contribution in [3.05, 3.63) is 31.8 Å².